The molecule has 9 heteroatoms. The molecule has 1 aromatic carbocycles. The Kier molecular flexibility index (Phi) is 3.89. The van der Waals surface area contributed by atoms with E-state index in [0.29, 0.717) is 0 Å². The van der Waals surface area contributed by atoms with Crippen molar-refractivity contribution in [2.45, 2.75) is 0 Å². The number of para-hydroxylation sites is 1. The fraction of sp³-hybridized carbons (Fsp3) is 0.0625. The Labute approximate surface area is 140 Å². The van der Waals surface area contributed by atoms with Gasteiger partial charge >= 0.3 is 6.03 Å². The minimum atomic E-state index is -0.836. The molecule has 126 valence electrons. The smallest absolute Gasteiger partial charge is 0.331 e. The van der Waals surface area contributed by atoms with E-state index < -0.39 is 22.8 Å². The number of imide groups is 2. The molecule has 1 aliphatic heterocycles. The maximum atomic E-state index is 12.0. The largest absolute Gasteiger partial charge is 0.456 e. The number of carbonyl (C=O) groups excluding carboxylic acids is 3. The average Bonchev–Trinajstić information content (AvgIpc) is 3.05. The van der Waals surface area contributed by atoms with E-state index in [1.165, 1.54) is 43.5 Å². The summed E-state index contributed by atoms with van der Waals surface area (Å²) in [5, 5.41) is 13.1. The van der Waals surface area contributed by atoms with Crippen molar-refractivity contribution in [2.24, 2.45) is 0 Å². The molecule has 0 spiro atoms. The number of hydrogen-bond donors (Lipinski definition) is 1. The van der Waals surface area contributed by atoms with Crippen LogP contribution in [0.3, 0.4) is 0 Å². The maximum Gasteiger partial charge on any atom is 0.331 e. The van der Waals surface area contributed by atoms with Gasteiger partial charge in [0.15, 0.2) is 0 Å². The summed E-state index contributed by atoms with van der Waals surface area (Å²) < 4.78 is 5.51. The molecule has 1 aliphatic rings. The second-order valence-electron chi connectivity index (χ2n) is 5.16. The van der Waals surface area contributed by atoms with E-state index in [4.69, 9.17) is 4.42 Å². The lowest BCUT2D eigenvalue weighted by atomic mass is 10.1. The number of likely N-dealkylation sites (N-methyl/N-ethyl adjacent to an activating group) is 1. The van der Waals surface area contributed by atoms with Crippen molar-refractivity contribution in [2.75, 3.05) is 7.05 Å². The lowest BCUT2D eigenvalue weighted by Crippen LogP contribution is -2.52. The minimum absolute atomic E-state index is 0.132. The van der Waals surface area contributed by atoms with E-state index >= 15 is 0 Å². The van der Waals surface area contributed by atoms with Gasteiger partial charge in [-0.05, 0) is 24.3 Å². The molecular weight excluding hydrogens is 330 g/mol. The highest BCUT2D eigenvalue weighted by molar-refractivity contribution is 6.30. The number of benzene rings is 1. The first kappa shape index (κ1) is 16.1. The molecule has 1 fully saturated rings. The number of nitrogens with one attached hydrogen (secondary N) is 1. The van der Waals surface area contributed by atoms with Crippen LogP contribution in [0.25, 0.3) is 17.4 Å². The number of barbiturate groups is 1. The van der Waals surface area contributed by atoms with Gasteiger partial charge in [-0.2, -0.15) is 0 Å². The number of nitro groups is 1. The van der Waals surface area contributed by atoms with Gasteiger partial charge in [-0.3, -0.25) is 29.9 Å². The highest BCUT2D eigenvalue weighted by atomic mass is 16.6. The van der Waals surface area contributed by atoms with Crippen molar-refractivity contribution in [1.29, 1.82) is 0 Å². The quantitative estimate of drug-likeness (QED) is 0.394. The SMILES string of the molecule is CN1C(=O)NC(=O)C(=Cc2ccc(-c3ccccc3[N+](=O)[O-])o2)C1=O. The summed E-state index contributed by atoms with van der Waals surface area (Å²) in [4.78, 5) is 46.5. The number of urea groups is 1. The summed E-state index contributed by atoms with van der Waals surface area (Å²) >= 11 is 0. The number of rotatable bonds is 3. The third-order valence-electron chi connectivity index (χ3n) is 3.58. The topological polar surface area (TPSA) is 123 Å². The third-order valence-corrected chi connectivity index (χ3v) is 3.58. The molecular formula is C16H11N3O6. The second kappa shape index (κ2) is 6.04. The number of amides is 4. The summed E-state index contributed by atoms with van der Waals surface area (Å²) in [6.45, 7) is 0. The number of furan rings is 1. The predicted octanol–water partition coefficient (Wildman–Crippen LogP) is 1.95. The van der Waals surface area contributed by atoms with E-state index in [1.807, 2.05) is 5.32 Å². The molecule has 2 aromatic rings. The number of hydrogen-bond acceptors (Lipinski definition) is 6. The van der Waals surface area contributed by atoms with E-state index in [2.05, 4.69) is 0 Å². The summed E-state index contributed by atoms with van der Waals surface area (Å²) in [7, 11) is 1.23. The maximum absolute atomic E-state index is 12.0. The van der Waals surface area contributed by atoms with Gasteiger partial charge in [0.2, 0.25) is 0 Å². The molecule has 1 aromatic heterocycles. The van der Waals surface area contributed by atoms with Gasteiger partial charge in [-0.25, -0.2) is 4.79 Å². The van der Waals surface area contributed by atoms with E-state index in [-0.39, 0.29) is 28.3 Å². The van der Waals surface area contributed by atoms with E-state index in [9.17, 15) is 24.5 Å². The molecule has 1 N–H and O–H groups in total. The van der Waals surface area contributed by atoms with Crippen molar-refractivity contribution in [1.82, 2.24) is 10.2 Å². The normalized spacial score (nSPS) is 16.3. The van der Waals surface area contributed by atoms with Crippen molar-refractivity contribution in [3.63, 3.8) is 0 Å². The minimum Gasteiger partial charge on any atom is -0.456 e. The van der Waals surface area contributed by atoms with Crippen LogP contribution in [0.4, 0.5) is 10.5 Å². The summed E-state index contributed by atoms with van der Waals surface area (Å²) in [6, 6.07) is 8.18. The van der Waals surface area contributed by atoms with Gasteiger partial charge < -0.3 is 4.42 Å². The number of nitro benzene ring substituents is 1. The van der Waals surface area contributed by atoms with Crippen LogP contribution in [0.1, 0.15) is 5.76 Å². The van der Waals surface area contributed by atoms with Crippen molar-refractivity contribution in [3.05, 3.63) is 57.8 Å². The molecule has 0 bridgehead atoms. The van der Waals surface area contributed by atoms with Crippen LogP contribution in [-0.4, -0.2) is 34.7 Å². The van der Waals surface area contributed by atoms with Gasteiger partial charge in [0.1, 0.15) is 17.1 Å². The molecule has 3 rings (SSSR count). The molecule has 2 heterocycles. The zero-order valence-corrected chi connectivity index (χ0v) is 12.9. The average molecular weight is 341 g/mol. The van der Waals surface area contributed by atoms with Gasteiger partial charge in [-0.15, -0.1) is 0 Å². The first-order chi connectivity index (χ1) is 11.9. The predicted molar refractivity (Wildman–Crippen MR) is 85.1 cm³/mol. The first-order valence-electron chi connectivity index (χ1n) is 7.07. The molecule has 0 saturated carbocycles. The first-order valence-corrected chi connectivity index (χ1v) is 7.07. The van der Waals surface area contributed by atoms with Crippen LogP contribution < -0.4 is 5.32 Å². The van der Waals surface area contributed by atoms with Gasteiger partial charge in [0.25, 0.3) is 17.5 Å². The van der Waals surface area contributed by atoms with Gasteiger partial charge in [0, 0.05) is 13.1 Å². The molecule has 9 nitrogen and oxygen atoms in total. The Morgan fingerprint density at radius 3 is 2.60 bits per heavy atom. The highest BCUT2D eigenvalue weighted by Gasteiger charge is 2.33. The molecule has 4 amide bonds. The Bertz CT molecular complexity index is 943. The van der Waals surface area contributed by atoms with Gasteiger partial charge in [0.05, 0.1) is 10.5 Å². The van der Waals surface area contributed by atoms with Crippen LogP contribution in [0.2, 0.25) is 0 Å². The van der Waals surface area contributed by atoms with Crippen molar-refractivity contribution < 1.29 is 23.7 Å². The Morgan fingerprint density at radius 1 is 1.16 bits per heavy atom. The van der Waals surface area contributed by atoms with Crippen LogP contribution in [0.15, 0.2) is 46.4 Å². The highest BCUT2D eigenvalue weighted by Crippen LogP contribution is 2.31. The Balaban J connectivity index is 1.98. The molecule has 0 unspecified atom stereocenters. The lowest BCUT2D eigenvalue weighted by Gasteiger charge is -2.21. The molecule has 25 heavy (non-hydrogen) atoms. The van der Waals surface area contributed by atoms with Crippen molar-refractivity contribution >= 4 is 29.6 Å². The molecule has 0 atom stereocenters. The van der Waals surface area contributed by atoms with E-state index in [0.717, 1.165) is 4.90 Å². The summed E-state index contributed by atoms with van der Waals surface area (Å²) in [5.74, 6) is -1.24. The lowest BCUT2D eigenvalue weighted by molar-refractivity contribution is -0.384. The van der Waals surface area contributed by atoms with E-state index in [1.54, 1.807) is 6.07 Å². The second-order valence-corrected chi connectivity index (χ2v) is 5.16. The van der Waals surface area contributed by atoms with Crippen LogP contribution >= 0.6 is 0 Å². The van der Waals surface area contributed by atoms with Gasteiger partial charge in [-0.1, -0.05) is 12.1 Å². The summed E-state index contributed by atoms with van der Waals surface area (Å²) in [5.41, 5.74) is -0.137. The molecule has 0 aliphatic carbocycles. The van der Waals surface area contributed by atoms with Crippen LogP contribution in [0.5, 0.6) is 0 Å². The fourth-order valence-electron chi connectivity index (χ4n) is 2.30. The van der Waals surface area contributed by atoms with Crippen LogP contribution in [-0.2, 0) is 9.59 Å². The molecule has 1 saturated heterocycles. The van der Waals surface area contributed by atoms with Crippen LogP contribution in [0, 0.1) is 10.1 Å². The monoisotopic (exact) mass is 341 g/mol. The molecule has 0 radical (unpaired) electrons. The Morgan fingerprint density at radius 2 is 1.88 bits per heavy atom. The summed E-state index contributed by atoms with van der Waals surface area (Å²) in [6.07, 6.45) is 1.18. The Hall–Kier alpha value is -3.75. The number of nitrogens with zero attached hydrogens (tertiary/aromatic N) is 2. The standard InChI is InChI=1S/C16H11N3O6/c1-18-15(21)11(14(20)17-16(18)22)8-9-6-7-13(25-9)10-4-2-3-5-12(10)19(23)24/h2-8H,1H3,(H,17,20,22). The fourth-order valence-corrected chi connectivity index (χ4v) is 2.30. The van der Waals surface area contributed by atoms with Crippen molar-refractivity contribution in [3.8, 4) is 11.3 Å². The third kappa shape index (κ3) is 2.90. The number of carbonyl (C=O) groups is 3. The zero-order valence-electron chi connectivity index (χ0n) is 12.9. The zero-order chi connectivity index (χ0) is 18.1.